The molecule has 0 saturated carbocycles. The van der Waals surface area contributed by atoms with Crippen LogP contribution in [0.25, 0.3) is 5.70 Å². The molecule has 1 aliphatic carbocycles. The summed E-state index contributed by atoms with van der Waals surface area (Å²) in [5, 5.41) is 5.99. The fourth-order valence-electron chi connectivity index (χ4n) is 5.19. The molecule has 3 aromatic carbocycles. The van der Waals surface area contributed by atoms with Crippen LogP contribution in [0.1, 0.15) is 36.1 Å². The number of aryl methyl sites for hydroxylation is 1. The molecule has 7 nitrogen and oxygen atoms in total. The van der Waals surface area contributed by atoms with Crippen molar-refractivity contribution in [3.63, 3.8) is 0 Å². The number of rotatable bonds is 5. The number of esters is 1. The average molecular weight is 497 g/mol. The number of ether oxygens (including phenoxy) is 2. The Morgan fingerprint density at radius 1 is 1.05 bits per heavy atom. The first-order chi connectivity index (χ1) is 18.1. The summed E-state index contributed by atoms with van der Waals surface area (Å²) in [7, 11) is 1.62. The van der Waals surface area contributed by atoms with E-state index in [0.29, 0.717) is 11.7 Å². The molecule has 0 spiro atoms. The summed E-state index contributed by atoms with van der Waals surface area (Å²) in [6.07, 6.45) is 1.59. The molecular formula is C29H25FN4O3. The van der Waals surface area contributed by atoms with Crippen molar-refractivity contribution in [3.8, 4) is 5.75 Å². The maximum Gasteiger partial charge on any atom is 0.376 e. The summed E-state index contributed by atoms with van der Waals surface area (Å²) in [6, 6.07) is 21.8. The number of carbonyl (C=O) groups excluding carboxylic acids is 1. The van der Waals surface area contributed by atoms with Crippen LogP contribution in [0, 0.1) is 5.82 Å². The molecule has 0 unspecified atom stereocenters. The zero-order valence-electron chi connectivity index (χ0n) is 20.5. The fraction of sp³-hybridized carbons (Fsp3) is 0.207. The van der Waals surface area contributed by atoms with Crippen molar-refractivity contribution >= 4 is 29.1 Å². The summed E-state index contributed by atoms with van der Waals surface area (Å²) in [5.41, 5.74) is 5.21. The van der Waals surface area contributed by atoms with Gasteiger partial charge in [0.25, 0.3) is 0 Å². The predicted molar refractivity (Wildman–Crippen MR) is 140 cm³/mol. The average Bonchev–Trinajstić information content (AvgIpc) is 3.31. The molecule has 1 atom stereocenters. The number of carbonyl (C=O) groups is 1. The number of hydrazone groups is 1. The normalized spacial score (nSPS) is 18.0. The number of para-hydroxylation sites is 1. The number of hydrogen-bond acceptors (Lipinski definition) is 7. The van der Waals surface area contributed by atoms with Gasteiger partial charge in [-0.1, -0.05) is 48.5 Å². The Kier molecular flexibility index (Phi) is 5.71. The van der Waals surface area contributed by atoms with E-state index in [-0.39, 0.29) is 18.1 Å². The van der Waals surface area contributed by atoms with E-state index in [1.807, 2.05) is 36.4 Å². The van der Waals surface area contributed by atoms with Crippen molar-refractivity contribution in [1.82, 2.24) is 4.90 Å². The number of amidine groups is 1. The number of methoxy groups -OCH3 is 1. The third-order valence-corrected chi connectivity index (χ3v) is 6.82. The number of fused-ring (bicyclic) bond motifs is 3. The minimum absolute atomic E-state index is 0.0575. The van der Waals surface area contributed by atoms with Crippen LogP contribution in [0.15, 0.2) is 88.5 Å². The predicted octanol–water partition coefficient (Wildman–Crippen LogP) is 5.30. The first-order valence-electron chi connectivity index (χ1n) is 12.2. The van der Waals surface area contributed by atoms with Gasteiger partial charge < -0.3 is 9.47 Å². The topological polar surface area (TPSA) is 66.7 Å². The monoisotopic (exact) mass is 496 g/mol. The van der Waals surface area contributed by atoms with Gasteiger partial charge in [-0.3, -0.25) is 4.90 Å². The number of guanidine groups is 1. The molecular weight excluding hydrogens is 471 g/mol. The molecule has 37 heavy (non-hydrogen) atoms. The van der Waals surface area contributed by atoms with Crippen LogP contribution in [-0.4, -0.2) is 36.4 Å². The van der Waals surface area contributed by atoms with E-state index in [9.17, 15) is 4.79 Å². The largest absolute Gasteiger partial charge is 0.497 e. The Balaban J connectivity index is 1.61. The summed E-state index contributed by atoms with van der Waals surface area (Å²) >= 11 is 0. The summed E-state index contributed by atoms with van der Waals surface area (Å²) < 4.78 is 25.9. The van der Waals surface area contributed by atoms with Gasteiger partial charge >= 0.3 is 5.97 Å². The maximum absolute atomic E-state index is 15.0. The standard InChI is InChI=1S/C29H25FN4O3/c1-3-37-28(35)27-32-34(24-14-7-6-13-23(24)30)29-31-25-21-12-5-4-9-18(21)15-16-22(25)26(33(27)29)19-10-8-11-20(17-19)36-2/h4-14,17,26H,3,15-16H2,1-2H3/t26-/m0/s1. The minimum atomic E-state index is -0.595. The molecule has 0 bridgehead atoms. The van der Waals surface area contributed by atoms with E-state index in [4.69, 9.17) is 14.5 Å². The van der Waals surface area contributed by atoms with Gasteiger partial charge in [-0.2, -0.15) is 5.01 Å². The molecule has 2 heterocycles. The molecule has 0 N–H and O–H groups in total. The van der Waals surface area contributed by atoms with Crippen molar-refractivity contribution in [2.75, 3.05) is 18.7 Å². The van der Waals surface area contributed by atoms with Gasteiger partial charge in [0.15, 0.2) is 0 Å². The van der Waals surface area contributed by atoms with Crippen LogP contribution in [0.3, 0.4) is 0 Å². The highest BCUT2D eigenvalue weighted by Crippen LogP contribution is 2.47. The molecule has 186 valence electrons. The summed E-state index contributed by atoms with van der Waals surface area (Å²) in [5.74, 6) is 0.0289. The molecule has 6 rings (SSSR count). The van der Waals surface area contributed by atoms with Crippen LogP contribution >= 0.6 is 0 Å². The smallest absolute Gasteiger partial charge is 0.376 e. The van der Waals surface area contributed by atoms with Gasteiger partial charge in [0.1, 0.15) is 17.3 Å². The Morgan fingerprint density at radius 3 is 2.68 bits per heavy atom. The van der Waals surface area contributed by atoms with Gasteiger partial charge in [-0.15, -0.1) is 5.10 Å². The lowest BCUT2D eigenvalue weighted by molar-refractivity contribution is -0.135. The molecule has 0 radical (unpaired) electrons. The van der Waals surface area contributed by atoms with Gasteiger partial charge in [-0.25, -0.2) is 14.2 Å². The zero-order valence-corrected chi connectivity index (χ0v) is 20.5. The first kappa shape index (κ1) is 23.0. The number of hydrogen-bond donors (Lipinski definition) is 0. The second-order valence-corrected chi connectivity index (χ2v) is 8.90. The number of anilines is 1. The van der Waals surface area contributed by atoms with Gasteiger partial charge in [0, 0.05) is 5.56 Å². The Bertz CT molecular complexity index is 1500. The highest BCUT2D eigenvalue weighted by atomic mass is 19.1. The van der Waals surface area contributed by atoms with Crippen molar-refractivity contribution < 1.29 is 18.7 Å². The first-order valence-corrected chi connectivity index (χ1v) is 12.2. The number of nitrogens with zero attached hydrogens (tertiary/aromatic N) is 4. The number of halogens is 1. The molecule has 0 saturated heterocycles. The van der Waals surface area contributed by atoms with E-state index in [2.05, 4.69) is 17.2 Å². The van der Waals surface area contributed by atoms with E-state index >= 15 is 4.39 Å². The Hall–Kier alpha value is -4.46. The minimum Gasteiger partial charge on any atom is -0.497 e. The van der Waals surface area contributed by atoms with E-state index in [1.165, 1.54) is 16.6 Å². The third-order valence-electron chi connectivity index (χ3n) is 6.82. The van der Waals surface area contributed by atoms with Gasteiger partial charge in [0.05, 0.1) is 25.5 Å². The van der Waals surface area contributed by atoms with Crippen molar-refractivity contribution in [1.29, 1.82) is 0 Å². The zero-order chi connectivity index (χ0) is 25.5. The molecule has 8 heteroatoms. The summed E-state index contributed by atoms with van der Waals surface area (Å²) in [4.78, 5) is 20.0. The maximum atomic E-state index is 15.0. The van der Waals surface area contributed by atoms with Crippen molar-refractivity contribution in [3.05, 3.63) is 101 Å². The van der Waals surface area contributed by atoms with Crippen LogP contribution in [0.2, 0.25) is 0 Å². The lowest BCUT2D eigenvalue weighted by atomic mass is 9.82. The van der Waals surface area contributed by atoms with Crippen LogP contribution in [0.4, 0.5) is 10.1 Å². The fourth-order valence-corrected chi connectivity index (χ4v) is 5.19. The number of aliphatic imine (C=N–C) groups is 1. The second-order valence-electron chi connectivity index (χ2n) is 8.90. The van der Waals surface area contributed by atoms with Crippen LogP contribution in [-0.2, 0) is 16.0 Å². The van der Waals surface area contributed by atoms with E-state index in [1.54, 1.807) is 37.1 Å². The molecule has 2 aliphatic heterocycles. The summed E-state index contributed by atoms with van der Waals surface area (Å²) in [6.45, 7) is 1.93. The number of benzene rings is 3. The molecule has 3 aliphatic rings. The quantitative estimate of drug-likeness (QED) is 0.449. The third kappa shape index (κ3) is 3.76. The lowest BCUT2D eigenvalue weighted by Crippen LogP contribution is -2.46. The molecule has 0 amide bonds. The Labute approximate surface area is 214 Å². The SMILES string of the molecule is CCOC(=O)C1=NN(c2ccccc2F)C2=NC3=C(CCc4ccccc43)[C@H](c3cccc(OC)c3)N12. The van der Waals surface area contributed by atoms with Crippen LogP contribution < -0.4 is 9.75 Å². The Morgan fingerprint density at radius 2 is 1.86 bits per heavy atom. The molecule has 3 aromatic rings. The molecule has 0 fully saturated rings. The highest BCUT2D eigenvalue weighted by Gasteiger charge is 2.47. The van der Waals surface area contributed by atoms with Gasteiger partial charge in [-0.05, 0) is 60.7 Å². The lowest BCUT2D eigenvalue weighted by Gasteiger charge is -2.39. The van der Waals surface area contributed by atoms with Crippen molar-refractivity contribution in [2.24, 2.45) is 10.1 Å². The molecule has 0 aromatic heterocycles. The van der Waals surface area contributed by atoms with Crippen LogP contribution in [0.5, 0.6) is 5.75 Å². The van der Waals surface area contributed by atoms with E-state index < -0.39 is 17.8 Å². The highest BCUT2D eigenvalue weighted by molar-refractivity contribution is 6.41. The van der Waals surface area contributed by atoms with E-state index in [0.717, 1.165) is 35.2 Å². The van der Waals surface area contributed by atoms with Crippen molar-refractivity contribution in [2.45, 2.75) is 25.8 Å². The van der Waals surface area contributed by atoms with Gasteiger partial charge in [0.2, 0.25) is 11.8 Å². The second kappa shape index (κ2) is 9.20.